The number of hydrogen-bond acceptors (Lipinski definition) is 2. The van der Waals surface area contributed by atoms with Crippen molar-refractivity contribution in [2.75, 3.05) is 5.75 Å². The first-order valence-electron chi connectivity index (χ1n) is 5.93. The van der Waals surface area contributed by atoms with Gasteiger partial charge in [-0.3, -0.25) is 4.21 Å². The van der Waals surface area contributed by atoms with Crippen LogP contribution < -0.4 is 5.73 Å². The van der Waals surface area contributed by atoms with E-state index in [4.69, 9.17) is 17.3 Å². The zero-order valence-electron chi connectivity index (χ0n) is 10.2. The Morgan fingerprint density at radius 3 is 2.53 bits per heavy atom. The van der Waals surface area contributed by atoms with Gasteiger partial charge < -0.3 is 5.73 Å². The van der Waals surface area contributed by atoms with E-state index >= 15 is 0 Å². The molecule has 1 aromatic rings. The highest BCUT2D eigenvalue weighted by atomic mass is 35.5. The van der Waals surface area contributed by atoms with Gasteiger partial charge in [0.25, 0.3) is 0 Å². The van der Waals surface area contributed by atoms with Crippen LogP contribution in [0.25, 0.3) is 0 Å². The third-order valence-electron chi connectivity index (χ3n) is 2.52. The quantitative estimate of drug-likeness (QED) is 0.776. The summed E-state index contributed by atoms with van der Waals surface area (Å²) in [5, 5.41) is 0.719. The Kier molecular flexibility index (Phi) is 6.78. The van der Waals surface area contributed by atoms with E-state index in [1.54, 1.807) is 0 Å². The van der Waals surface area contributed by atoms with Crippen LogP contribution >= 0.6 is 11.6 Å². The molecule has 4 heteroatoms. The van der Waals surface area contributed by atoms with Gasteiger partial charge in [-0.25, -0.2) is 0 Å². The van der Waals surface area contributed by atoms with E-state index in [0.717, 1.165) is 35.6 Å². The van der Waals surface area contributed by atoms with Gasteiger partial charge in [0.2, 0.25) is 0 Å². The molecule has 0 radical (unpaired) electrons. The molecular formula is C13H20ClNOS. The third kappa shape index (κ3) is 6.81. The van der Waals surface area contributed by atoms with E-state index in [0.29, 0.717) is 5.75 Å². The van der Waals surface area contributed by atoms with Crippen LogP contribution in [0.2, 0.25) is 5.02 Å². The molecule has 0 aromatic heterocycles. The molecule has 2 unspecified atom stereocenters. The molecule has 2 nitrogen and oxygen atoms in total. The Morgan fingerprint density at radius 2 is 1.94 bits per heavy atom. The standard InChI is InChI=1S/C13H20ClNOS/c1-11(15)4-2-3-9-17(16)10-12-5-7-13(14)8-6-12/h5-8,11H,2-4,9-10,15H2,1H3. The third-order valence-corrected chi connectivity index (χ3v) is 4.17. The highest BCUT2D eigenvalue weighted by Gasteiger charge is 2.02. The average molecular weight is 274 g/mol. The lowest BCUT2D eigenvalue weighted by molar-refractivity contribution is 0.613. The van der Waals surface area contributed by atoms with Crippen LogP contribution in [0, 0.1) is 0 Å². The highest BCUT2D eigenvalue weighted by Crippen LogP contribution is 2.11. The predicted octanol–water partition coefficient (Wildman–Crippen LogP) is 3.11. The molecule has 0 bridgehead atoms. The van der Waals surface area contributed by atoms with Crippen LogP contribution in [-0.2, 0) is 16.6 Å². The number of rotatable bonds is 7. The first-order valence-corrected chi connectivity index (χ1v) is 7.79. The number of nitrogens with two attached hydrogens (primary N) is 1. The zero-order valence-corrected chi connectivity index (χ0v) is 11.8. The monoisotopic (exact) mass is 273 g/mol. The fraction of sp³-hybridized carbons (Fsp3) is 0.538. The zero-order chi connectivity index (χ0) is 12.7. The van der Waals surface area contributed by atoms with E-state index in [1.165, 1.54) is 0 Å². The molecule has 1 rings (SSSR count). The van der Waals surface area contributed by atoms with Crippen molar-refractivity contribution in [3.05, 3.63) is 34.9 Å². The van der Waals surface area contributed by atoms with Gasteiger partial charge in [-0.1, -0.05) is 30.2 Å². The molecule has 0 amide bonds. The fourth-order valence-corrected chi connectivity index (χ4v) is 2.93. The smallest absolute Gasteiger partial charge is 0.0485 e. The summed E-state index contributed by atoms with van der Waals surface area (Å²) in [5.74, 6) is 1.38. The van der Waals surface area contributed by atoms with Gasteiger partial charge in [-0.15, -0.1) is 0 Å². The molecule has 0 aliphatic heterocycles. The largest absolute Gasteiger partial charge is 0.328 e. The Hall–Kier alpha value is -0.380. The molecule has 0 saturated heterocycles. The maximum absolute atomic E-state index is 11.8. The van der Waals surface area contributed by atoms with Crippen molar-refractivity contribution in [1.82, 2.24) is 0 Å². The lowest BCUT2D eigenvalue weighted by Crippen LogP contribution is -2.14. The summed E-state index contributed by atoms with van der Waals surface area (Å²) in [4.78, 5) is 0. The van der Waals surface area contributed by atoms with Gasteiger partial charge in [-0.2, -0.15) is 0 Å². The minimum absolute atomic E-state index is 0.250. The second-order valence-electron chi connectivity index (χ2n) is 4.39. The molecule has 0 aliphatic carbocycles. The van der Waals surface area contributed by atoms with E-state index in [2.05, 4.69) is 0 Å². The molecular weight excluding hydrogens is 254 g/mol. The van der Waals surface area contributed by atoms with Crippen LogP contribution in [0.3, 0.4) is 0 Å². The lowest BCUT2D eigenvalue weighted by atomic mass is 10.2. The van der Waals surface area contributed by atoms with Crippen molar-refractivity contribution >= 4 is 22.4 Å². The maximum atomic E-state index is 11.8. The van der Waals surface area contributed by atoms with Crippen LogP contribution in [0.1, 0.15) is 31.7 Å². The van der Waals surface area contributed by atoms with Crippen LogP contribution in [0.15, 0.2) is 24.3 Å². The maximum Gasteiger partial charge on any atom is 0.0485 e. The summed E-state index contributed by atoms with van der Waals surface area (Å²) in [6, 6.07) is 7.79. The van der Waals surface area contributed by atoms with E-state index < -0.39 is 10.8 Å². The number of unbranched alkanes of at least 4 members (excludes halogenated alkanes) is 1. The van der Waals surface area contributed by atoms with Gasteiger partial charge in [0.1, 0.15) is 0 Å². The number of halogens is 1. The molecule has 0 fully saturated rings. The van der Waals surface area contributed by atoms with Gasteiger partial charge in [0.15, 0.2) is 0 Å². The molecule has 17 heavy (non-hydrogen) atoms. The van der Waals surface area contributed by atoms with Crippen LogP contribution in [0.4, 0.5) is 0 Å². The predicted molar refractivity (Wildman–Crippen MR) is 75.7 cm³/mol. The van der Waals surface area contributed by atoms with Crippen LogP contribution in [-0.4, -0.2) is 16.0 Å². The second kappa shape index (κ2) is 7.85. The Balaban J connectivity index is 2.23. The van der Waals surface area contributed by atoms with Gasteiger partial charge >= 0.3 is 0 Å². The summed E-state index contributed by atoms with van der Waals surface area (Å²) >= 11 is 5.79. The van der Waals surface area contributed by atoms with Gasteiger partial charge in [0, 0.05) is 33.4 Å². The normalized spacial score (nSPS) is 14.5. The van der Waals surface area contributed by atoms with Crippen molar-refractivity contribution in [2.45, 2.75) is 38.0 Å². The number of hydrogen-bond donors (Lipinski definition) is 1. The van der Waals surface area contributed by atoms with Crippen LogP contribution in [0.5, 0.6) is 0 Å². The Bertz CT molecular complexity index is 351. The molecule has 2 atom stereocenters. The van der Waals surface area contributed by atoms with E-state index in [1.807, 2.05) is 31.2 Å². The van der Waals surface area contributed by atoms with Crippen molar-refractivity contribution < 1.29 is 4.21 Å². The Morgan fingerprint density at radius 1 is 1.29 bits per heavy atom. The average Bonchev–Trinajstić information content (AvgIpc) is 2.27. The summed E-state index contributed by atoms with van der Waals surface area (Å²) in [7, 11) is -0.776. The molecule has 1 aromatic carbocycles. The van der Waals surface area contributed by atoms with Crippen molar-refractivity contribution in [3.63, 3.8) is 0 Å². The summed E-state index contributed by atoms with van der Waals surface area (Å²) in [5.41, 5.74) is 6.74. The minimum Gasteiger partial charge on any atom is -0.328 e. The summed E-state index contributed by atoms with van der Waals surface area (Å²) < 4.78 is 11.8. The molecule has 0 aliphatic rings. The van der Waals surface area contributed by atoms with Gasteiger partial charge in [0.05, 0.1) is 0 Å². The molecule has 96 valence electrons. The summed E-state index contributed by atoms with van der Waals surface area (Å²) in [6.45, 7) is 2.00. The molecule has 2 N–H and O–H groups in total. The highest BCUT2D eigenvalue weighted by molar-refractivity contribution is 7.84. The molecule has 0 spiro atoms. The summed E-state index contributed by atoms with van der Waals surface area (Å²) in [6.07, 6.45) is 3.06. The number of benzene rings is 1. The van der Waals surface area contributed by atoms with Crippen molar-refractivity contribution in [3.8, 4) is 0 Å². The van der Waals surface area contributed by atoms with Crippen molar-refractivity contribution in [1.29, 1.82) is 0 Å². The molecule has 0 heterocycles. The fourth-order valence-electron chi connectivity index (χ4n) is 1.57. The van der Waals surface area contributed by atoms with Crippen molar-refractivity contribution in [2.24, 2.45) is 5.73 Å². The topological polar surface area (TPSA) is 43.1 Å². The van der Waals surface area contributed by atoms with Gasteiger partial charge in [-0.05, 0) is 37.5 Å². The van der Waals surface area contributed by atoms with E-state index in [-0.39, 0.29) is 6.04 Å². The second-order valence-corrected chi connectivity index (χ2v) is 6.40. The lowest BCUT2D eigenvalue weighted by Gasteiger charge is -2.05. The molecule has 0 saturated carbocycles. The minimum atomic E-state index is -0.776. The first kappa shape index (κ1) is 14.7. The first-order chi connectivity index (χ1) is 8.08. The SMILES string of the molecule is CC(N)CCCCS(=O)Cc1ccc(Cl)cc1. The Labute approximate surface area is 111 Å². The van der Waals surface area contributed by atoms with E-state index in [9.17, 15) is 4.21 Å².